The normalized spacial score (nSPS) is 12.7. The zero-order valence-corrected chi connectivity index (χ0v) is 14.7. The lowest BCUT2D eigenvalue weighted by molar-refractivity contribution is 0.518. The van der Waals surface area contributed by atoms with Crippen molar-refractivity contribution in [1.29, 1.82) is 0 Å². The third-order valence-corrected chi connectivity index (χ3v) is 4.98. The number of fused-ring (bicyclic) bond motifs is 1. The SMILES string of the molecule is CCc1c(C[C@H](C)N)sc2c(NCc3ccco3)nc(Cl)nc12. The number of aryl methyl sites for hydroxylation is 1. The van der Waals surface area contributed by atoms with E-state index in [-0.39, 0.29) is 11.3 Å². The standard InChI is InChI=1S/C16H19ClN4OS/c1-3-11-12(7-9(2)18)23-14-13(11)20-16(17)21-15(14)19-8-10-5-4-6-22-10/h4-6,9H,3,7-8,18H2,1-2H3,(H,19,20,21)/t9-/m0/s1. The Hall–Kier alpha value is -1.63. The molecule has 0 fully saturated rings. The van der Waals surface area contributed by atoms with Crippen molar-refractivity contribution in [3.63, 3.8) is 0 Å². The maximum Gasteiger partial charge on any atom is 0.224 e. The van der Waals surface area contributed by atoms with Gasteiger partial charge in [0, 0.05) is 10.9 Å². The van der Waals surface area contributed by atoms with Crippen LogP contribution in [0.5, 0.6) is 0 Å². The molecule has 0 bridgehead atoms. The van der Waals surface area contributed by atoms with Gasteiger partial charge < -0.3 is 15.5 Å². The van der Waals surface area contributed by atoms with Crippen molar-refractivity contribution < 1.29 is 4.42 Å². The molecule has 3 heterocycles. The number of aromatic nitrogens is 2. The molecule has 0 saturated carbocycles. The first kappa shape index (κ1) is 16.2. The van der Waals surface area contributed by atoms with E-state index in [1.54, 1.807) is 17.6 Å². The number of nitrogens with two attached hydrogens (primary N) is 1. The molecular weight excluding hydrogens is 332 g/mol. The van der Waals surface area contributed by atoms with Crippen molar-refractivity contribution >= 4 is 39.0 Å². The van der Waals surface area contributed by atoms with Crippen LogP contribution in [0.3, 0.4) is 0 Å². The number of anilines is 1. The monoisotopic (exact) mass is 350 g/mol. The predicted octanol–water partition coefficient (Wildman–Crippen LogP) is 4.00. The Morgan fingerprint density at radius 1 is 1.43 bits per heavy atom. The van der Waals surface area contributed by atoms with E-state index in [4.69, 9.17) is 21.8 Å². The Labute approximate surface area is 143 Å². The molecule has 3 N–H and O–H groups in total. The number of nitrogens with one attached hydrogen (secondary N) is 1. The number of furan rings is 1. The number of hydrogen-bond donors (Lipinski definition) is 2. The third kappa shape index (κ3) is 3.49. The highest BCUT2D eigenvalue weighted by Gasteiger charge is 2.18. The van der Waals surface area contributed by atoms with Gasteiger partial charge in [-0.05, 0) is 49.1 Å². The van der Waals surface area contributed by atoms with Gasteiger partial charge in [-0.25, -0.2) is 4.98 Å². The largest absolute Gasteiger partial charge is 0.467 e. The van der Waals surface area contributed by atoms with Gasteiger partial charge in [-0.3, -0.25) is 0 Å². The molecule has 0 spiro atoms. The average Bonchev–Trinajstić information content (AvgIpc) is 3.11. The lowest BCUT2D eigenvalue weighted by atomic mass is 10.1. The van der Waals surface area contributed by atoms with Gasteiger partial charge in [-0.15, -0.1) is 11.3 Å². The van der Waals surface area contributed by atoms with Crippen LogP contribution in [0.1, 0.15) is 30.0 Å². The fourth-order valence-electron chi connectivity index (χ4n) is 2.57. The Morgan fingerprint density at radius 2 is 2.26 bits per heavy atom. The van der Waals surface area contributed by atoms with E-state index in [1.807, 2.05) is 19.1 Å². The second-order valence-corrected chi connectivity index (χ2v) is 6.93. The van der Waals surface area contributed by atoms with E-state index in [0.717, 1.165) is 34.6 Å². The number of hydrogen-bond acceptors (Lipinski definition) is 6. The Bertz CT molecular complexity index is 798. The molecule has 7 heteroatoms. The molecular formula is C16H19ClN4OS. The van der Waals surface area contributed by atoms with E-state index in [9.17, 15) is 0 Å². The molecule has 0 aliphatic heterocycles. The minimum Gasteiger partial charge on any atom is -0.467 e. The smallest absolute Gasteiger partial charge is 0.224 e. The molecule has 0 amide bonds. The molecule has 5 nitrogen and oxygen atoms in total. The van der Waals surface area contributed by atoms with Gasteiger partial charge >= 0.3 is 0 Å². The summed E-state index contributed by atoms with van der Waals surface area (Å²) in [5.41, 5.74) is 8.12. The predicted molar refractivity (Wildman–Crippen MR) is 95.2 cm³/mol. The lowest BCUT2D eigenvalue weighted by Gasteiger charge is -2.05. The first-order chi connectivity index (χ1) is 11.1. The van der Waals surface area contributed by atoms with Gasteiger partial charge in [0.1, 0.15) is 11.6 Å². The highest BCUT2D eigenvalue weighted by atomic mass is 35.5. The fraction of sp³-hybridized carbons (Fsp3) is 0.375. The minimum absolute atomic E-state index is 0.108. The summed E-state index contributed by atoms with van der Waals surface area (Å²) in [6.45, 7) is 4.69. The maximum absolute atomic E-state index is 6.12. The molecule has 122 valence electrons. The summed E-state index contributed by atoms with van der Waals surface area (Å²) < 4.78 is 6.37. The van der Waals surface area contributed by atoms with E-state index >= 15 is 0 Å². The summed E-state index contributed by atoms with van der Waals surface area (Å²) in [6.07, 6.45) is 3.38. The van der Waals surface area contributed by atoms with Crippen molar-refractivity contribution in [2.45, 2.75) is 39.3 Å². The van der Waals surface area contributed by atoms with Crippen LogP contribution in [0, 0.1) is 0 Å². The first-order valence-corrected chi connectivity index (χ1v) is 8.77. The topological polar surface area (TPSA) is 77.0 Å². The van der Waals surface area contributed by atoms with Crippen molar-refractivity contribution in [3.05, 3.63) is 39.9 Å². The van der Waals surface area contributed by atoms with Gasteiger partial charge in [-0.2, -0.15) is 4.98 Å². The van der Waals surface area contributed by atoms with Crippen molar-refractivity contribution in [3.8, 4) is 0 Å². The van der Waals surface area contributed by atoms with Crippen LogP contribution in [0.25, 0.3) is 10.2 Å². The number of halogens is 1. The summed E-state index contributed by atoms with van der Waals surface area (Å²) >= 11 is 7.82. The van der Waals surface area contributed by atoms with Crippen LogP contribution >= 0.6 is 22.9 Å². The van der Waals surface area contributed by atoms with Gasteiger partial charge in [0.2, 0.25) is 5.28 Å². The Kier molecular flexibility index (Phi) is 4.84. The van der Waals surface area contributed by atoms with Gasteiger partial charge in [0.15, 0.2) is 0 Å². The van der Waals surface area contributed by atoms with E-state index in [0.29, 0.717) is 6.54 Å². The van der Waals surface area contributed by atoms with Crippen LogP contribution in [-0.4, -0.2) is 16.0 Å². The number of nitrogens with zero attached hydrogens (tertiary/aromatic N) is 2. The maximum atomic E-state index is 6.12. The Morgan fingerprint density at radius 3 is 2.91 bits per heavy atom. The molecule has 3 rings (SSSR count). The van der Waals surface area contributed by atoms with E-state index in [2.05, 4.69) is 22.2 Å². The third-order valence-electron chi connectivity index (χ3n) is 3.56. The Balaban J connectivity index is 2.01. The van der Waals surface area contributed by atoms with E-state index in [1.165, 1.54) is 10.4 Å². The zero-order chi connectivity index (χ0) is 16.4. The highest BCUT2D eigenvalue weighted by molar-refractivity contribution is 7.19. The molecule has 0 aliphatic rings. The molecule has 0 unspecified atom stereocenters. The molecule has 0 aliphatic carbocycles. The van der Waals surface area contributed by atoms with Gasteiger partial charge in [-0.1, -0.05) is 6.92 Å². The summed E-state index contributed by atoms with van der Waals surface area (Å²) in [6, 6.07) is 3.89. The molecule has 3 aromatic heterocycles. The second kappa shape index (κ2) is 6.86. The number of thiophene rings is 1. The first-order valence-electron chi connectivity index (χ1n) is 7.58. The molecule has 3 aromatic rings. The van der Waals surface area contributed by atoms with Crippen molar-refractivity contribution in [2.24, 2.45) is 5.73 Å². The van der Waals surface area contributed by atoms with Gasteiger partial charge in [0.05, 0.1) is 23.0 Å². The highest BCUT2D eigenvalue weighted by Crippen LogP contribution is 2.36. The molecule has 0 aromatic carbocycles. The van der Waals surface area contributed by atoms with Crippen molar-refractivity contribution in [1.82, 2.24) is 9.97 Å². The van der Waals surface area contributed by atoms with Crippen LogP contribution in [-0.2, 0) is 19.4 Å². The fourth-order valence-corrected chi connectivity index (χ4v) is 4.17. The average molecular weight is 351 g/mol. The summed E-state index contributed by atoms with van der Waals surface area (Å²) in [4.78, 5) is 10.0. The minimum atomic E-state index is 0.108. The lowest BCUT2D eigenvalue weighted by Crippen LogP contribution is -2.17. The zero-order valence-electron chi connectivity index (χ0n) is 13.1. The molecule has 0 saturated heterocycles. The van der Waals surface area contributed by atoms with E-state index < -0.39 is 0 Å². The second-order valence-electron chi connectivity index (χ2n) is 5.49. The van der Waals surface area contributed by atoms with Crippen LogP contribution in [0.2, 0.25) is 5.28 Å². The number of rotatable bonds is 6. The van der Waals surface area contributed by atoms with Crippen LogP contribution in [0.4, 0.5) is 5.82 Å². The van der Waals surface area contributed by atoms with Crippen LogP contribution < -0.4 is 11.1 Å². The van der Waals surface area contributed by atoms with Gasteiger partial charge in [0.25, 0.3) is 0 Å². The quantitative estimate of drug-likeness (QED) is 0.657. The summed E-state index contributed by atoms with van der Waals surface area (Å²) in [5, 5.41) is 3.55. The molecule has 0 radical (unpaired) electrons. The van der Waals surface area contributed by atoms with Crippen LogP contribution in [0.15, 0.2) is 22.8 Å². The molecule has 23 heavy (non-hydrogen) atoms. The van der Waals surface area contributed by atoms with Crippen molar-refractivity contribution in [2.75, 3.05) is 5.32 Å². The summed E-state index contributed by atoms with van der Waals surface area (Å²) in [5.74, 6) is 1.59. The molecule has 1 atom stereocenters. The summed E-state index contributed by atoms with van der Waals surface area (Å²) in [7, 11) is 0.